The zero-order valence-electron chi connectivity index (χ0n) is 15.2. The van der Waals surface area contributed by atoms with Gasteiger partial charge in [-0.2, -0.15) is 0 Å². The molecule has 3 nitrogen and oxygen atoms in total. The molecule has 0 rings (SSSR count). The summed E-state index contributed by atoms with van der Waals surface area (Å²) in [5.41, 5.74) is 0. The molecule has 0 amide bonds. The highest BCUT2D eigenvalue weighted by Gasteiger charge is 2.07. The maximum atomic E-state index is 11.4. The van der Waals surface area contributed by atoms with Gasteiger partial charge >= 0.3 is 5.97 Å². The van der Waals surface area contributed by atoms with Crippen LogP contribution >= 0.6 is 0 Å². The molecule has 0 saturated heterocycles. The van der Waals surface area contributed by atoms with Gasteiger partial charge in [0.15, 0.2) is 6.29 Å². The lowest BCUT2D eigenvalue weighted by molar-refractivity contribution is -0.169. The average Bonchev–Trinajstić information content (AvgIpc) is 2.51. The van der Waals surface area contributed by atoms with E-state index in [0.717, 1.165) is 12.8 Å². The number of carbonyl (C=O) groups is 1. The molecule has 0 saturated carbocycles. The van der Waals surface area contributed by atoms with Crippen LogP contribution in [-0.4, -0.2) is 19.4 Å². The van der Waals surface area contributed by atoms with Crippen molar-refractivity contribution in [2.75, 3.05) is 7.11 Å². The minimum Gasteiger partial charge on any atom is -0.436 e. The molecule has 0 spiro atoms. The zero-order chi connectivity index (χ0) is 16.5. The molecule has 3 heteroatoms. The van der Waals surface area contributed by atoms with E-state index in [1.54, 1.807) is 14.0 Å². The molecule has 0 aromatic carbocycles. The van der Waals surface area contributed by atoms with Crippen molar-refractivity contribution in [2.24, 2.45) is 0 Å². The zero-order valence-corrected chi connectivity index (χ0v) is 15.2. The minimum absolute atomic E-state index is 0.141. The molecule has 0 N–H and O–H groups in total. The van der Waals surface area contributed by atoms with E-state index >= 15 is 0 Å². The average molecular weight is 315 g/mol. The van der Waals surface area contributed by atoms with Gasteiger partial charge in [0.05, 0.1) is 0 Å². The Morgan fingerprint density at radius 2 is 1.18 bits per heavy atom. The first-order valence-corrected chi connectivity index (χ1v) is 9.43. The van der Waals surface area contributed by atoms with Crippen LogP contribution in [0, 0.1) is 0 Å². The number of unbranched alkanes of at least 4 members (excludes halogenated alkanes) is 12. The van der Waals surface area contributed by atoms with Crippen molar-refractivity contribution in [1.29, 1.82) is 0 Å². The summed E-state index contributed by atoms with van der Waals surface area (Å²) in [6, 6.07) is 0. The van der Waals surface area contributed by atoms with Crippen molar-refractivity contribution in [3.05, 3.63) is 0 Å². The number of methoxy groups -OCH3 is 1. The highest BCUT2D eigenvalue weighted by Crippen LogP contribution is 2.13. The Kier molecular flexibility index (Phi) is 16.4. The summed E-state index contributed by atoms with van der Waals surface area (Å²) < 4.78 is 9.94. The molecular formula is C19H38O3. The molecule has 132 valence electrons. The third kappa shape index (κ3) is 15.8. The van der Waals surface area contributed by atoms with Crippen molar-refractivity contribution < 1.29 is 14.3 Å². The SMILES string of the molecule is CCCCCCCCCCCCCCCC(=O)OC(C)OC. The van der Waals surface area contributed by atoms with Gasteiger partial charge in [-0.3, -0.25) is 4.79 Å². The van der Waals surface area contributed by atoms with Gasteiger partial charge in [0.25, 0.3) is 0 Å². The van der Waals surface area contributed by atoms with Crippen LogP contribution in [0.3, 0.4) is 0 Å². The van der Waals surface area contributed by atoms with Crippen LogP contribution in [-0.2, 0) is 14.3 Å². The van der Waals surface area contributed by atoms with Gasteiger partial charge in [-0.15, -0.1) is 0 Å². The summed E-state index contributed by atoms with van der Waals surface area (Å²) in [5, 5.41) is 0. The van der Waals surface area contributed by atoms with Gasteiger partial charge in [0, 0.05) is 13.5 Å². The Bertz CT molecular complexity index is 241. The lowest BCUT2D eigenvalue weighted by Gasteiger charge is -2.10. The molecule has 0 heterocycles. The third-order valence-electron chi connectivity index (χ3n) is 4.11. The Hall–Kier alpha value is -0.570. The van der Waals surface area contributed by atoms with Crippen molar-refractivity contribution in [3.63, 3.8) is 0 Å². The number of rotatable bonds is 16. The predicted octanol–water partition coefficient (Wildman–Crippen LogP) is 6.00. The molecule has 0 aliphatic rings. The second-order valence-corrected chi connectivity index (χ2v) is 6.29. The maximum Gasteiger partial charge on any atom is 0.308 e. The molecule has 0 aliphatic carbocycles. The third-order valence-corrected chi connectivity index (χ3v) is 4.11. The summed E-state index contributed by atoms with van der Waals surface area (Å²) in [7, 11) is 1.54. The summed E-state index contributed by atoms with van der Waals surface area (Å²) in [6.45, 7) is 4.00. The molecule has 1 atom stereocenters. The summed E-state index contributed by atoms with van der Waals surface area (Å²) in [6.07, 6.45) is 17.2. The van der Waals surface area contributed by atoms with Gasteiger partial charge in [0.2, 0.25) is 0 Å². The molecule has 0 aliphatic heterocycles. The summed E-state index contributed by atoms with van der Waals surface area (Å²) in [4.78, 5) is 11.4. The van der Waals surface area contributed by atoms with E-state index in [0.29, 0.717) is 6.42 Å². The quantitative estimate of drug-likeness (QED) is 0.199. The molecular weight excluding hydrogens is 276 g/mol. The second kappa shape index (κ2) is 16.8. The molecule has 22 heavy (non-hydrogen) atoms. The number of hydrogen-bond donors (Lipinski definition) is 0. The highest BCUT2D eigenvalue weighted by molar-refractivity contribution is 5.69. The molecule has 0 fully saturated rings. The van der Waals surface area contributed by atoms with Crippen molar-refractivity contribution in [1.82, 2.24) is 0 Å². The lowest BCUT2D eigenvalue weighted by atomic mass is 10.0. The normalized spacial score (nSPS) is 12.3. The first-order chi connectivity index (χ1) is 10.7. The number of ether oxygens (including phenoxy) is 2. The standard InChI is InChI=1S/C19H38O3/c1-4-5-6-7-8-9-10-11-12-13-14-15-16-17-19(20)22-18(2)21-3/h18H,4-17H2,1-3H3. The Labute approximate surface area is 138 Å². The van der Waals surface area contributed by atoms with E-state index in [1.807, 2.05) is 0 Å². The molecule has 0 aromatic rings. The van der Waals surface area contributed by atoms with Gasteiger partial charge in [-0.05, 0) is 13.3 Å². The fourth-order valence-electron chi connectivity index (χ4n) is 2.58. The van der Waals surface area contributed by atoms with E-state index in [4.69, 9.17) is 9.47 Å². The molecule has 0 aromatic heterocycles. The minimum atomic E-state index is -0.422. The first kappa shape index (κ1) is 21.4. The second-order valence-electron chi connectivity index (χ2n) is 6.29. The van der Waals surface area contributed by atoms with Crippen molar-refractivity contribution >= 4 is 5.97 Å². The van der Waals surface area contributed by atoms with Gasteiger partial charge in [-0.1, -0.05) is 84.0 Å². The molecule has 0 radical (unpaired) electrons. The van der Waals surface area contributed by atoms with E-state index in [-0.39, 0.29) is 5.97 Å². The van der Waals surface area contributed by atoms with E-state index in [9.17, 15) is 4.79 Å². The smallest absolute Gasteiger partial charge is 0.308 e. The van der Waals surface area contributed by atoms with Crippen LogP contribution < -0.4 is 0 Å². The fraction of sp³-hybridized carbons (Fsp3) is 0.947. The van der Waals surface area contributed by atoms with Crippen LogP contribution in [0.25, 0.3) is 0 Å². The van der Waals surface area contributed by atoms with Crippen LogP contribution in [0.4, 0.5) is 0 Å². The summed E-state index contributed by atoms with van der Waals surface area (Å²) in [5.74, 6) is -0.141. The van der Waals surface area contributed by atoms with E-state index in [2.05, 4.69) is 6.92 Å². The monoisotopic (exact) mass is 314 g/mol. The Morgan fingerprint density at radius 1 is 0.773 bits per heavy atom. The van der Waals surface area contributed by atoms with E-state index < -0.39 is 6.29 Å². The number of hydrogen-bond acceptors (Lipinski definition) is 3. The first-order valence-electron chi connectivity index (χ1n) is 9.43. The molecule has 0 bridgehead atoms. The van der Waals surface area contributed by atoms with Gasteiger partial charge < -0.3 is 9.47 Å². The van der Waals surface area contributed by atoms with E-state index in [1.165, 1.54) is 70.6 Å². The van der Waals surface area contributed by atoms with Crippen LogP contribution in [0.2, 0.25) is 0 Å². The predicted molar refractivity (Wildman–Crippen MR) is 92.9 cm³/mol. The Balaban J connectivity index is 3.12. The van der Waals surface area contributed by atoms with Crippen LogP contribution in [0.5, 0.6) is 0 Å². The van der Waals surface area contributed by atoms with Gasteiger partial charge in [0.1, 0.15) is 0 Å². The van der Waals surface area contributed by atoms with Crippen LogP contribution in [0.1, 0.15) is 104 Å². The molecule has 1 unspecified atom stereocenters. The number of esters is 1. The topological polar surface area (TPSA) is 35.5 Å². The maximum absolute atomic E-state index is 11.4. The highest BCUT2D eigenvalue weighted by atomic mass is 16.7. The van der Waals surface area contributed by atoms with Crippen molar-refractivity contribution in [3.8, 4) is 0 Å². The van der Waals surface area contributed by atoms with Gasteiger partial charge in [-0.25, -0.2) is 0 Å². The largest absolute Gasteiger partial charge is 0.436 e. The van der Waals surface area contributed by atoms with Crippen LogP contribution in [0.15, 0.2) is 0 Å². The fourth-order valence-corrected chi connectivity index (χ4v) is 2.58. The Morgan fingerprint density at radius 3 is 1.59 bits per heavy atom. The summed E-state index contributed by atoms with van der Waals surface area (Å²) >= 11 is 0. The van der Waals surface area contributed by atoms with Crippen molar-refractivity contribution in [2.45, 2.75) is 110 Å². The number of carbonyl (C=O) groups excluding carboxylic acids is 1. The lowest BCUT2D eigenvalue weighted by Crippen LogP contribution is -2.16.